The van der Waals surface area contributed by atoms with Crippen molar-refractivity contribution in [2.24, 2.45) is 0 Å². The van der Waals surface area contributed by atoms with Crippen molar-refractivity contribution >= 4 is 44.1 Å². The van der Waals surface area contributed by atoms with Gasteiger partial charge in [-0.3, -0.25) is 20.2 Å². The second-order valence-electron chi connectivity index (χ2n) is 16.7. The maximum Gasteiger partial charge on any atom is 0.534 e. The largest absolute Gasteiger partial charge is 0.534 e. The van der Waals surface area contributed by atoms with Gasteiger partial charge in [-0.05, 0) is 91.4 Å². The molecule has 7 aromatic rings. The van der Waals surface area contributed by atoms with E-state index in [9.17, 15) is 68.2 Å². The fourth-order valence-corrected chi connectivity index (χ4v) is 8.03. The van der Waals surface area contributed by atoms with Crippen LogP contribution in [0.3, 0.4) is 0 Å². The fourth-order valence-electron chi connectivity index (χ4n) is 7.05. The molecule has 0 saturated carbocycles. The van der Waals surface area contributed by atoms with E-state index in [1.807, 2.05) is 6.07 Å². The first-order chi connectivity index (χ1) is 37.6. The zero-order chi connectivity index (χ0) is 58.8. The Hall–Kier alpha value is -7.91. The van der Waals surface area contributed by atoms with Crippen molar-refractivity contribution < 1.29 is 85.0 Å². The number of pyridine rings is 2. The Morgan fingerprint density at radius 2 is 1.05 bits per heavy atom. The number of hydrogen-bond acceptors (Lipinski definition) is 18. The number of nitrogens with zero attached hydrogens (tertiary/aromatic N) is 8. The van der Waals surface area contributed by atoms with Gasteiger partial charge in [-0.25, -0.2) is 4.98 Å². The van der Waals surface area contributed by atoms with Crippen LogP contribution in [0.1, 0.15) is 59.7 Å². The molecule has 0 aliphatic carbocycles. The molecule has 424 valence electrons. The smallest absolute Gasteiger partial charge is 0.439 e. The van der Waals surface area contributed by atoms with Gasteiger partial charge in [0.2, 0.25) is 34.3 Å². The highest BCUT2D eigenvalue weighted by Gasteiger charge is 2.62. The van der Waals surface area contributed by atoms with Crippen LogP contribution in [0, 0.1) is 37.6 Å². The molecule has 7 rings (SSSR count). The normalized spacial score (nSPS) is 13.5. The summed E-state index contributed by atoms with van der Waals surface area (Å²) in [5.74, 6) is -4.62. The first-order valence-electron chi connectivity index (χ1n) is 22.7. The lowest BCUT2D eigenvalue weighted by Gasteiger charge is -2.32. The minimum Gasteiger partial charge on any atom is -0.439 e. The highest BCUT2D eigenvalue weighted by Crippen LogP contribution is 2.49. The summed E-state index contributed by atoms with van der Waals surface area (Å²) in [5.41, 5.74) is -14.6. The van der Waals surface area contributed by atoms with Gasteiger partial charge in [0.1, 0.15) is 5.75 Å². The highest BCUT2D eigenvalue weighted by molar-refractivity contribution is 14.1. The summed E-state index contributed by atoms with van der Waals surface area (Å²) in [5, 5.41) is 37.5. The number of nitro groups is 2. The van der Waals surface area contributed by atoms with Crippen LogP contribution < -0.4 is 8.92 Å². The van der Waals surface area contributed by atoms with Gasteiger partial charge in [0.25, 0.3) is 23.6 Å². The van der Waals surface area contributed by atoms with E-state index in [0.717, 1.165) is 10.5 Å². The summed E-state index contributed by atoms with van der Waals surface area (Å²) in [6, 6.07) is 24.7. The molecule has 2 atom stereocenters. The lowest BCUT2D eigenvalue weighted by Crippen LogP contribution is -2.45. The van der Waals surface area contributed by atoms with Gasteiger partial charge in [-0.1, -0.05) is 78.9 Å². The van der Waals surface area contributed by atoms with Crippen LogP contribution in [-0.4, -0.2) is 66.5 Å². The van der Waals surface area contributed by atoms with E-state index in [1.54, 1.807) is 73.7 Å². The summed E-state index contributed by atoms with van der Waals surface area (Å²) in [6.07, 6.45) is -9.47. The van der Waals surface area contributed by atoms with E-state index < -0.39 is 133 Å². The third-order valence-corrected chi connectivity index (χ3v) is 12.7. The Balaban J connectivity index is 0.000000258. The minimum atomic E-state index is -6.26. The molecule has 0 spiro atoms. The molecule has 0 saturated heterocycles. The van der Waals surface area contributed by atoms with Gasteiger partial charge < -0.3 is 27.2 Å². The molecule has 4 heterocycles. The van der Waals surface area contributed by atoms with Crippen molar-refractivity contribution in [2.45, 2.75) is 81.8 Å². The standard InChI is InChI=1S/C27H22F3IN4O5.C22H18F6N4O7S/c1-3-4-13-26(27(28,29)30,38-16-18-9-6-5-7-10-18)25-34-33-24(40-25)22-21(35(36)37)14-17(2)23(32-22)39-20-12-8-11-19(31)15-20;1-3-4-10-20(21(23,24)25,37-12-14-8-6-5-7-9-14)19-31-30-18(38-19)16-15(32(33)34)11-13(2)17(29-16)39-40(35,36)22(26,27)28/h3,5-12,14-15H,1,4,13,16H2,2H3;3,5-9,11H,1,4,10,12H2,2H3. The number of allylic oxidation sites excluding steroid dienone is 2. The van der Waals surface area contributed by atoms with Gasteiger partial charge in [0.15, 0.2) is 0 Å². The van der Waals surface area contributed by atoms with E-state index >= 15 is 0 Å². The van der Waals surface area contributed by atoms with Crippen LogP contribution in [0.25, 0.3) is 23.2 Å². The third-order valence-electron chi connectivity index (χ3n) is 11.1. The maximum atomic E-state index is 14.7. The first-order valence-corrected chi connectivity index (χ1v) is 25.2. The van der Waals surface area contributed by atoms with Crippen LogP contribution in [0.15, 0.2) is 131 Å². The molecule has 0 aliphatic rings. The van der Waals surface area contributed by atoms with Crippen molar-refractivity contribution in [3.8, 4) is 40.7 Å². The van der Waals surface area contributed by atoms with E-state index in [0.29, 0.717) is 28.5 Å². The number of aromatic nitrogens is 6. The molecule has 31 heteroatoms. The number of halogens is 10. The lowest BCUT2D eigenvalue weighted by molar-refractivity contribution is -0.384. The summed E-state index contributed by atoms with van der Waals surface area (Å²) >= 11 is 2.09. The summed E-state index contributed by atoms with van der Waals surface area (Å²) in [6.45, 7) is 8.41. The molecule has 80 heavy (non-hydrogen) atoms. The van der Waals surface area contributed by atoms with Crippen molar-refractivity contribution in [2.75, 3.05) is 0 Å². The van der Waals surface area contributed by atoms with Crippen molar-refractivity contribution in [1.29, 1.82) is 0 Å². The molecular formula is C49H40F9IN8O12S. The molecule has 0 radical (unpaired) electrons. The van der Waals surface area contributed by atoms with Crippen LogP contribution in [-0.2, 0) is 44.0 Å². The molecule has 4 aromatic heterocycles. The molecule has 0 N–H and O–H groups in total. The average molecular weight is 1260 g/mol. The third kappa shape index (κ3) is 14.1. The Kier molecular flexibility index (Phi) is 19.2. The van der Waals surface area contributed by atoms with Crippen LogP contribution in [0.2, 0.25) is 0 Å². The van der Waals surface area contributed by atoms with E-state index in [1.165, 1.54) is 30.4 Å². The number of alkyl halides is 9. The molecule has 0 bridgehead atoms. The maximum absolute atomic E-state index is 14.7. The fraction of sp³-hybridized carbons (Fsp3) is 0.265. The topological polar surface area (TPSA) is 261 Å². The molecule has 0 aliphatic heterocycles. The first kappa shape index (κ1) is 61.3. The van der Waals surface area contributed by atoms with Gasteiger partial charge in [0.05, 0.1) is 23.1 Å². The number of aryl methyl sites for hydroxylation is 2. The number of ether oxygens (including phenoxy) is 3. The Bertz CT molecular complexity index is 3460. The second kappa shape index (κ2) is 25.0. The Morgan fingerprint density at radius 3 is 1.44 bits per heavy atom. The summed E-state index contributed by atoms with van der Waals surface area (Å²) in [4.78, 5) is 29.2. The predicted molar refractivity (Wildman–Crippen MR) is 269 cm³/mol. The van der Waals surface area contributed by atoms with Crippen molar-refractivity contribution in [3.63, 3.8) is 0 Å². The highest BCUT2D eigenvalue weighted by atomic mass is 127. The quantitative estimate of drug-likeness (QED) is 0.0116. The van der Waals surface area contributed by atoms with Gasteiger partial charge in [-0.15, -0.1) is 33.6 Å². The van der Waals surface area contributed by atoms with E-state index in [4.69, 9.17) is 23.0 Å². The molecule has 2 unspecified atom stereocenters. The second-order valence-corrected chi connectivity index (χ2v) is 19.5. The molecular weight excluding hydrogens is 1220 g/mol. The zero-order valence-electron chi connectivity index (χ0n) is 41.2. The van der Waals surface area contributed by atoms with Crippen LogP contribution in [0.5, 0.6) is 17.5 Å². The zero-order valence-corrected chi connectivity index (χ0v) is 44.2. The number of hydrogen-bond donors (Lipinski definition) is 0. The minimum absolute atomic E-state index is 0.0172. The van der Waals surface area contributed by atoms with Crippen molar-refractivity contribution in [3.05, 3.63) is 180 Å². The van der Waals surface area contributed by atoms with E-state index in [2.05, 4.69) is 70.3 Å². The van der Waals surface area contributed by atoms with Gasteiger partial charge >= 0.3 is 39.4 Å². The van der Waals surface area contributed by atoms with Crippen LogP contribution >= 0.6 is 22.6 Å². The molecule has 20 nitrogen and oxygen atoms in total. The Morgan fingerprint density at radius 1 is 0.625 bits per heavy atom. The monoisotopic (exact) mass is 1260 g/mol. The molecule has 0 amide bonds. The summed E-state index contributed by atoms with van der Waals surface area (Å²) < 4.78 is 181. The van der Waals surface area contributed by atoms with Gasteiger partial charge in [-0.2, -0.15) is 52.9 Å². The predicted octanol–water partition coefficient (Wildman–Crippen LogP) is 13.2. The Labute approximate surface area is 460 Å². The average Bonchev–Trinajstić information content (AvgIpc) is 4.19. The summed E-state index contributed by atoms with van der Waals surface area (Å²) in [7, 11) is -6.26. The van der Waals surface area contributed by atoms with Crippen molar-refractivity contribution in [1.82, 2.24) is 30.4 Å². The molecule has 0 fully saturated rings. The lowest BCUT2D eigenvalue weighted by atomic mass is 9.96. The van der Waals surface area contributed by atoms with E-state index in [-0.39, 0.29) is 18.7 Å². The number of benzene rings is 3. The SMILES string of the molecule is C=CCCC(OCc1ccccc1)(c1nnc(-c2nc(OS(=O)(=O)C(F)(F)F)c(C)cc2[N+](=O)[O-])o1)C(F)(F)F.C=CCCC(OCc1ccccc1)(c1nnc(-c2nc(Oc3cccc(I)c3)c(C)cc2[N+](=O)[O-])o1)C(F)(F)F. The number of rotatable bonds is 22. The van der Waals surface area contributed by atoms with Gasteiger partial charge in [0, 0.05) is 26.8 Å². The van der Waals surface area contributed by atoms with Crippen LogP contribution in [0.4, 0.5) is 50.9 Å². The molecule has 3 aromatic carbocycles.